The number of piperidine rings is 1. The van der Waals surface area contributed by atoms with E-state index in [1.54, 1.807) is 7.11 Å². The van der Waals surface area contributed by atoms with Crippen molar-refractivity contribution in [3.63, 3.8) is 0 Å². The number of benzene rings is 1. The molecule has 0 radical (unpaired) electrons. The summed E-state index contributed by atoms with van der Waals surface area (Å²) in [5, 5.41) is 6.98. The Balaban J connectivity index is 1.83. The van der Waals surface area contributed by atoms with E-state index in [0.29, 0.717) is 0 Å². The normalized spacial score (nSPS) is 19.8. The molecular formula is C14H21BrN2O. The molecule has 2 rings (SSSR count). The van der Waals surface area contributed by atoms with Crippen LogP contribution in [0.3, 0.4) is 0 Å². The number of nitrogens with one attached hydrogen (secondary N) is 2. The largest absolute Gasteiger partial charge is 0.496 e. The number of ether oxygens (including phenoxy) is 1. The molecule has 0 aliphatic carbocycles. The average molecular weight is 313 g/mol. The zero-order valence-electron chi connectivity index (χ0n) is 10.8. The molecule has 1 unspecified atom stereocenters. The maximum atomic E-state index is 5.37. The van der Waals surface area contributed by atoms with Crippen LogP contribution in [0.5, 0.6) is 5.75 Å². The minimum atomic E-state index is 0.761. The Bertz CT molecular complexity index is 378. The Hall–Kier alpha value is -0.580. The van der Waals surface area contributed by atoms with Gasteiger partial charge in [0.25, 0.3) is 0 Å². The molecule has 1 aliphatic rings. The van der Waals surface area contributed by atoms with Gasteiger partial charge in [-0.1, -0.05) is 15.9 Å². The second-order valence-corrected chi connectivity index (χ2v) is 5.72. The summed E-state index contributed by atoms with van der Waals surface area (Å²) in [7, 11) is 1.72. The lowest BCUT2D eigenvalue weighted by Crippen LogP contribution is -2.35. The van der Waals surface area contributed by atoms with Gasteiger partial charge in [-0.05, 0) is 56.6 Å². The van der Waals surface area contributed by atoms with E-state index < -0.39 is 0 Å². The maximum absolute atomic E-state index is 5.37. The van der Waals surface area contributed by atoms with Crippen molar-refractivity contribution in [2.75, 3.05) is 26.7 Å². The maximum Gasteiger partial charge on any atom is 0.123 e. The molecule has 0 saturated carbocycles. The molecule has 0 aromatic heterocycles. The summed E-state index contributed by atoms with van der Waals surface area (Å²) in [6, 6.07) is 6.13. The molecule has 100 valence electrons. The fraction of sp³-hybridized carbons (Fsp3) is 0.571. The van der Waals surface area contributed by atoms with Gasteiger partial charge in [0, 0.05) is 16.6 Å². The van der Waals surface area contributed by atoms with E-state index in [9.17, 15) is 0 Å². The monoisotopic (exact) mass is 312 g/mol. The Labute approximate surface area is 117 Å². The van der Waals surface area contributed by atoms with Gasteiger partial charge in [-0.2, -0.15) is 0 Å². The van der Waals surface area contributed by atoms with Crippen LogP contribution in [0.15, 0.2) is 22.7 Å². The lowest BCUT2D eigenvalue weighted by molar-refractivity contribution is 0.357. The van der Waals surface area contributed by atoms with Crippen molar-refractivity contribution in [3.8, 4) is 5.75 Å². The molecule has 1 saturated heterocycles. The standard InChI is InChI=1S/C14H21BrN2O/c1-18-14-5-4-13(15)7-12(14)10-17-9-11-3-2-6-16-8-11/h4-5,7,11,16-17H,2-3,6,8-10H2,1H3. The second kappa shape index (κ2) is 7.12. The van der Waals surface area contributed by atoms with E-state index in [1.807, 2.05) is 12.1 Å². The molecule has 1 aromatic carbocycles. The third kappa shape index (κ3) is 3.97. The molecule has 18 heavy (non-hydrogen) atoms. The Kier molecular flexibility index (Phi) is 5.47. The molecular weight excluding hydrogens is 292 g/mol. The van der Waals surface area contributed by atoms with Gasteiger partial charge in [-0.15, -0.1) is 0 Å². The molecule has 1 heterocycles. The molecule has 3 nitrogen and oxygen atoms in total. The van der Waals surface area contributed by atoms with Crippen LogP contribution in [-0.4, -0.2) is 26.7 Å². The summed E-state index contributed by atoms with van der Waals surface area (Å²) in [6.07, 6.45) is 2.63. The van der Waals surface area contributed by atoms with Gasteiger partial charge in [0.05, 0.1) is 7.11 Å². The summed E-state index contributed by atoms with van der Waals surface area (Å²) in [6.45, 7) is 4.25. The highest BCUT2D eigenvalue weighted by molar-refractivity contribution is 9.10. The molecule has 1 aromatic rings. The topological polar surface area (TPSA) is 33.3 Å². The summed E-state index contributed by atoms with van der Waals surface area (Å²) in [4.78, 5) is 0. The fourth-order valence-electron chi connectivity index (χ4n) is 2.39. The first-order chi connectivity index (χ1) is 8.79. The minimum Gasteiger partial charge on any atom is -0.496 e. The van der Waals surface area contributed by atoms with Crippen LogP contribution in [-0.2, 0) is 6.54 Å². The van der Waals surface area contributed by atoms with E-state index in [-0.39, 0.29) is 0 Å². The molecule has 2 N–H and O–H groups in total. The number of methoxy groups -OCH3 is 1. The third-order valence-corrected chi connectivity index (χ3v) is 3.88. The summed E-state index contributed by atoms with van der Waals surface area (Å²) in [5.41, 5.74) is 1.20. The molecule has 1 atom stereocenters. The number of hydrogen-bond acceptors (Lipinski definition) is 3. The number of halogens is 1. The highest BCUT2D eigenvalue weighted by Crippen LogP contribution is 2.22. The minimum absolute atomic E-state index is 0.761. The first kappa shape index (κ1) is 13.8. The van der Waals surface area contributed by atoms with Crippen molar-refractivity contribution in [1.29, 1.82) is 0 Å². The fourth-order valence-corrected chi connectivity index (χ4v) is 2.80. The predicted molar refractivity (Wildman–Crippen MR) is 78.0 cm³/mol. The Morgan fingerprint density at radius 2 is 2.39 bits per heavy atom. The van der Waals surface area contributed by atoms with Gasteiger partial charge in [0.1, 0.15) is 5.75 Å². The van der Waals surface area contributed by atoms with Crippen molar-refractivity contribution >= 4 is 15.9 Å². The van der Waals surface area contributed by atoms with E-state index >= 15 is 0 Å². The van der Waals surface area contributed by atoms with Crippen LogP contribution < -0.4 is 15.4 Å². The van der Waals surface area contributed by atoms with Crippen LogP contribution >= 0.6 is 15.9 Å². The van der Waals surface area contributed by atoms with Gasteiger partial charge in [0.15, 0.2) is 0 Å². The molecule has 0 amide bonds. The van der Waals surface area contributed by atoms with Gasteiger partial charge in [-0.25, -0.2) is 0 Å². The van der Waals surface area contributed by atoms with Crippen LogP contribution in [0.2, 0.25) is 0 Å². The number of hydrogen-bond donors (Lipinski definition) is 2. The third-order valence-electron chi connectivity index (χ3n) is 3.39. The lowest BCUT2D eigenvalue weighted by atomic mass is 10.00. The Morgan fingerprint density at radius 1 is 1.50 bits per heavy atom. The molecule has 0 bridgehead atoms. The Morgan fingerprint density at radius 3 is 3.11 bits per heavy atom. The smallest absolute Gasteiger partial charge is 0.123 e. The summed E-state index contributed by atoms with van der Waals surface area (Å²) < 4.78 is 6.47. The van der Waals surface area contributed by atoms with Crippen LogP contribution in [0.4, 0.5) is 0 Å². The van der Waals surface area contributed by atoms with Crippen LogP contribution in [0.1, 0.15) is 18.4 Å². The van der Waals surface area contributed by atoms with Gasteiger partial charge in [-0.3, -0.25) is 0 Å². The van der Waals surface area contributed by atoms with E-state index in [0.717, 1.165) is 35.8 Å². The zero-order chi connectivity index (χ0) is 12.8. The first-order valence-electron chi connectivity index (χ1n) is 6.53. The van der Waals surface area contributed by atoms with E-state index in [2.05, 4.69) is 32.6 Å². The van der Waals surface area contributed by atoms with Gasteiger partial charge < -0.3 is 15.4 Å². The summed E-state index contributed by atoms with van der Waals surface area (Å²) in [5.74, 6) is 1.71. The van der Waals surface area contributed by atoms with E-state index in [1.165, 1.54) is 24.9 Å². The van der Waals surface area contributed by atoms with Crippen molar-refractivity contribution in [1.82, 2.24) is 10.6 Å². The lowest BCUT2D eigenvalue weighted by Gasteiger charge is -2.23. The average Bonchev–Trinajstić information content (AvgIpc) is 2.40. The highest BCUT2D eigenvalue weighted by atomic mass is 79.9. The molecule has 1 aliphatic heterocycles. The van der Waals surface area contributed by atoms with Crippen LogP contribution in [0.25, 0.3) is 0 Å². The predicted octanol–water partition coefficient (Wildman–Crippen LogP) is 2.55. The summed E-state index contributed by atoms with van der Waals surface area (Å²) >= 11 is 3.50. The van der Waals surface area contributed by atoms with E-state index in [4.69, 9.17) is 4.74 Å². The van der Waals surface area contributed by atoms with Crippen molar-refractivity contribution in [2.24, 2.45) is 5.92 Å². The first-order valence-corrected chi connectivity index (χ1v) is 7.32. The molecule has 4 heteroatoms. The van der Waals surface area contributed by atoms with Crippen molar-refractivity contribution in [3.05, 3.63) is 28.2 Å². The second-order valence-electron chi connectivity index (χ2n) is 4.80. The quantitative estimate of drug-likeness (QED) is 0.876. The van der Waals surface area contributed by atoms with Gasteiger partial charge >= 0.3 is 0 Å². The molecule has 0 spiro atoms. The SMILES string of the molecule is COc1ccc(Br)cc1CNCC1CCCNC1. The molecule has 1 fully saturated rings. The highest BCUT2D eigenvalue weighted by Gasteiger charge is 2.12. The zero-order valence-corrected chi connectivity index (χ0v) is 12.4. The van der Waals surface area contributed by atoms with Crippen molar-refractivity contribution in [2.45, 2.75) is 19.4 Å². The van der Waals surface area contributed by atoms with Crippen LogP contribution in [0, 0.1) is 5.92 Å². The van der Waals surface area contributed by atoms with Gasteiger partial charge in [0.2, 0.25) is 0 Å². The van der Waals surface area contributed by atoms with Crippen molar-refractivity contribution < 1.29 is 4.74 Å². The number of rotatable bonds is 5.